The largest absolute Gasteiger partial charge is 0.389 e. The van der Waals surface area contributed by atoms with Gasteiger partial charge in [0.15, 0.2) is 0 Å². The standard InChI is InChI=1S/C15H29NO2/c1-11-4-6-15(17,7-5-11)10-16-14-8-12(2)18-13(3)9-14/h11-14,16-17H,4-10H2,1-3H3. The number of hydrogen-bond donors (Lipinski definition) is 2. The number of nitrogens with one attached hydrogen (secondary N) is 1. The van der Waals surface area contributed by atoms with Gasteiger partial charge < -0.3 is 15.2 Å². The van der Waals surface area contributed by atoms with Crippen molar-refractivity contribution in [1.29, 1.82) is 0 Å². The second kappa shape index (κ2) is 5.89. The molecule has 2 aliphatic rings. The van der Waals surface area contributed by atoms with Gasteiger partial charge in [0.25, 0.3) is 0 Å². The molecule has 0 radical (unpaired) electrons. The van der Waals surface area contributed by atoms with Crippen LogP contribution in [0.4, 0.5) is 0 Å². The molecule has 2 fully saturated rings. The molecular weight excluding hydrogens is 226 g/mol. The zero-order valence-corrected chi connectivity index (χ0v) is 12.1. The van der Waals surface area contributed by atoms with Gasteiger partial charge >= 0.3 is 0 Å². The van der Waals surface area contributed by atoms with Crippen LogP contribution in [0.5, 0.6) is 0 Å². The van der Waals surface area contributed by atoms with Crippen LogP contribution in [0, 0.1) is 5.92 Å². The molecule has 0 aromatic heterocycles. The van der Waals surface area contributed by atoms with Crippen LogP contribution in [0.3, 0.4) is 0 Å². The summed E-state index contributed by atoms with van der Waals surface area (Å²) in [5.74, 6) is 0.786. The molecule has 18 heavy (non-hydrogen) atoms. The predicted octanol–water partition coefficient (Wildman–Crippen LogP) is 2.47. The Labute approximate surface area is 111 Å². The van der Waals surface area contributed by atoms with Crippen molar-refractivity contribution in [3.8, 4) is 0 Å². The van der Waals surface area contributed by atoms with Gasteiger partial charge in [-0.25, -0.2) is 0 Å². The second-order valence-corrected chi connectivity index (χ2v) is 6.71. The number of aliphatic hydroxyl groups is 1. The summed E-state index contributed by atoms with van der Waals surface area (Å²) in [6.07, 6.45) is 7.05. The lowest BCUT2D eigenvalue weighted by Gasteiger charge is -2.38. The maximum Gasteiger partial charge on any atom is 0.0771 e. The first-order valence-electron chi connectivity index (χ1n) is 7.58. The first-order valence-corrected chi connectivity index (χ1v) is 7.58. The summed E-state index contributed by atoms with van der Waals surface area (Å²) in [4.78, 5) is 0. The Bertz CT molecular complexity index is 251. The van der Waals surface area contributed by atoms with E-state index < -0.39 is 5.60 Å². The van der Waals surface area contributed by atoms with E-state index in [1.165, 1.54) is 12.8 Å². The normalized spacial score (nSPS) is 46.0. The Kier molecular flexibility index (Phi) is 4.68. The monoisotopic (exact) mass is 255 g/mol. The summed E-state index contributed by atoms with van der Waals surface area (Å²) in [6.45, 7) is 7.32. The molecule has 0 aromatic rings. The van der Waals surface area contributed by atoms with E-state index in [2.05, 4.69) is 26.1 Å². The molecule has 3 heteroatoms. The minimum Gasteiger partial charge on any atom is -0.389 e. The number of rotatable bonds is 3. The Morgan fingerprint density at radius 3 is 2.22 bits per heavy atom. The lowest BCUT2D eigenvalue weighted by atomic mass is 9.79. The average Bonchev–Trinajstić information content (AvgIpc) is 2.30. The van der Waals surface area contributed by atoms with Crippen molar-refractivity contribution < 1.29 is 9.84 Å². The Morgan fingerprint density at radius 1 is 1.11 bits per heavy atom. The fraction of sp³-hybridized carbons (Fsp3) is 1.00. The molecule has 2 atom stereocenters. The van der Waals surface area contributed by atoms with Crippen LogP contribution in [0.2, 0.25) is 0 Å². The molecule has 1 saturated carbocycles. The SMILES string of the molecule is CC1CCC(O)(CNC2CC(C)OC(C)C2)CC1. The van der Waals surface area contributed by atoms with E-state index in [0.717, 1.165) is 38.1 Å². The summed E-state index contributed by atoms with van der Waals surface area (Å²) in [7, 11) is 0. The number of ether oxygens (including phenoxy) is 1. The molecule has 1 heterocycles. The molecule has 1 aliphatic carbocycles. The van der Waals surface area contributed by atoms with Crippen molar-refractivity contribution in [1.82, 2.24) is 5.32 Å². The topological polar surface area (TPSA) is 41.5 Å². The van der Waals surface area contributed by atoms with E-state index in [-0.39, 0.29) is 0 Å². The lowest BCUT2D eigenvalue weighted by Crippen LogP contribution is -2.49. The second-order valence-electron chi connectivity index (χ2n) is 6.71. The summed E-state index contributed by atoms with van der Waals surface area (Å²) in [6, 6.07) is 0.507. The van der Waals surface area contributed by atoms with Gasteiger partial charge in [-0.3, -0.25) is 0 Å². The van der Waals surface area contributed by atoms with Crippen LogP contribution in [0.15, 0.2) is 0 Å². The molecule has 0 bridgehead atoms. The van der Waals surface area contributed by atoms with E-state index in [4.69, 9.17) is 4.74 Å². The summed E-state index contributed by atoms with van der Waals surface area (Å²) < 4.78 is 5.74. The minimum atomic E-state index is -0.461. The van der Waals surface area contributed by atoms with E-state index in [1.54, 1.807) is 0 Å². The highest BCUT2D eigenvalue weighted by atomic mass is 16.5. The zero-order chi connectivity index (χ0) is 13.2. The first-order chi connectivity index (χ1) is 8.47. The molecular formula is C15H29NO2. The van der Waals surface area contributed by atoms with Crippen LogP contribution in [0.25, 0.3) is 0 Å². The molecule has 0 aromatic carbocycles. The Hall–Kier alpha value is -0.120. The molecule has 2 N–H and O–H groups in total. The lowest BCUT2D eigenvalue weighted by molar-refractivity contribution is -0.0513. The van der Waals surface area contributed by atoms with Crippen molar-refractivity contribution in [2.45, 2.75) is 83.1 Å². The van der Waals surface area contributed by atoms with Crippen LogP contribution in [0.1, 0.15) is 59.3 Å². The Morgan fingerprint density at radius 2 is 1.67 bits per heavy atom. The third kappa shape index (κ3) is 3.94. The van der Waals surface area contributed by atoms with Gasteiger partial charge in [-0.1, -0.05) is 6.92 Å². The first kappa shape index (κ1) is 14.3. The summed E-state index contributed by atoms with van der Waals surface area (Å²) >= 11 is 0. The molecule has 1 saturated heterocycles. The third-order valence-electron chi connectivity index (χ3n) is 4.62. The number of hydrogen-bond acceptors (Lipinski definition) is 3. The highest BCUT2D eigenvalue weighted by Crippen LogP contribution is 2.31. The molecule has 106 valence electrons. The van der Waals surface area contributed by atoms with Crippen molar-refractivity contribution in [3.63, 3.8) is 0 Å². The zero-order valence-electron chi connectivity index (χ0n) is 12.1. The molecule has 1 aliphatic heterocycles. The van der Waals surface area contributed by atoms with Crippen molar-refractivity contribution >= 4 is 0 Å². The maximum atomic E-state index is 10.6. The van der Waals surface area contributed by atoms with Crippen molar-refractivity contribution in [2.75, 3.05) is 6.54 Å². The molecule has 0 spiro atoms. The minimum absolute atomic E-state index is 0.340. The molecule has 0 amide bonds. The third-order valence-corrected chi connectivity index (χ3v) is 4.62. The summed E-state index contributed by atoms with van der Waals surface area (Å²) in [5.41, 5.74) is -0.461. The molecule has 3 nitrogen and oxygen atoms in total. The van der Waals surface area contributed by atoms with E-state index >= 15 is 0 Å². The van der Waals surface area contributed by atoms with Gasteiger partial charge in [-0.15, -0.1) is 0 Å². The fourth-order valence-electron chi connectivity index (χ4n) is 3.38. The van der Waals surface area contributed by atoms with Gasteiger partial charge in [-0.05, 0) is 58.3 Å². The molecule has 2 rings (SSSR count). The quantitative estimate of drug-likeness (QED) is 0.814. The summed E-state index contributed by atoms with van der Waals surface area (Å²) in [5, 5.41) is 14.1. The van der Waals surface area contributed by atoms with Gasteiger partial charge in [0, 0.05) is 12.6 Å². The molecule has 2 unspecified atom stereocenters. The average molecular weight is 255 g/mol. The van der Waals surface area contributed by atoms with Gasteiger partial charge in [0.2, 0.25) is 0 Å². The van der Waals surface area contributed by atoms with Gasteiger partial charge in [0.05, 0.1) is 17.8 Å². The van der Waals surface area contributed by atoms with E-state index in [0.29, 0.717) is 18.2 Å². The smallest absolute Gasteiger partial charge is 0.0771 e. The highest BCUT2D eigenvalue weighted by Gasteiger charge is 2.33. The Balaban J connectivity index is 1.76. The fourth-order valence-corrected chi connectivity index (χ4v) is 3.38. The van der Waals surface area contributed by atoms with Gasteiger partial charge in [-0.2, -0.15) is 0 Å². The van der Waals surface area contributed by atoms with E-state index in [9.17, 15) is 5.11 Å². The predicted molar refractivity (Wildman–Crippen MR) is 73.6 cm³/mol. The van der Waals surface area contributed by atoms with E-state index in [1.807, 2.05) is 0 Å². The maximum absolute atomic E-state index is 10.6. The van der Waals surface area contributed by atoms with Crippen LogP contribution < -0.4 is 5.32 Å². The van der Waals surface area contributed by atoms with Crippen molar-refractivity contribution in [3.05, 3.63) is 0 Å². The van der Waals surface area contributed by atoms with Gasteiger partial charge in [0.1, 0.15) is 0 Å². The van der Waals surface area contributed by atoms with Crippen LogP contribution >= 0.6 is 0 Å². The highest BCUT2D eigenvalue weighted by molar-refractivity contribution is 4.89. The van der Waals surface area contributed by atoms with Crippen molar-refractivity contribution in [2.24, 2.45) is 5.92 Å². The van der Waals surface area contributed by atoms with Crippen LogP contribution in [-0.2, 0) is 4.74 Å². The van der Waals surface area contributed by atoms with Crippen LogP contribution in [-0.4, -0.2) is 35.5 Å².